The van der Waals surface area contributed by atoms with Crippen molar-refractivity contribution in [3.63, 3.8) is 0 Å². The first kappa shape index (κ1) is 25.5. The van der Waals surface area contributed by atoms with Gasteiger partial charge in [0.2, 0.25) is 5.95 Å². The number of anilines is 5. The molecule has 1 saturated heterocycles. The Bertz CT molecular complexity index is 1350. The van der Waals surface area contributed by atoms with Crippen LogP contribution in [0.4, 0.5) is 28.8 Å². The van der Waals surface area contributed by atoms with Gasteiger partial charge >= 0.3 is 0 Å². The molecule has 2 aliphatic heterocycles. The van der Waals surface area contributed by atoms with Gasteiger partial charge in [-0.1, -0.05) is 19.1 Å². The van der Waals surface area contributed by atoms with Crippen molar-refractivity contribution < 1.29 is 14.3 Å². The third-order valence-corrected chi connectivity index (χ3v) is 7.12. The molecule has 1 aromatic heterocycles. The number of piperazine rings is 1. The highest BCUT2D eigenvalue weighted by atomic mass is 16.5. The number of aromatic nitrogens is 2. The molecule has 0 unspecified atom stereocenters. The number of hydrogen-bond donors (Lipinski definition) is 1. The fourth-order valence-electron chi connectivity index (χ4n) is 4.98. The molecule has 0 atom stereocenters. The predicted molar refractivity (Wildman–Crippen MR) is 148 cm³/mol. The monoisotopic (exact) mass is 515 g/mol. The first-order valence-corrected chi connectivity index (χ1v) is 12.9. The average Bonchev–Trinajstić information content (AvgIpc) is 3.03. The summed E-state index contributed by atoms with van der Waals surface area (Å²) in [7, 11) is 5.17. The molecule has 38 heavy (non-hydrogen) atoms. The summed E-state index contributed by atoms with van der Waals surface area (Å²) in [6, 6.07) is 12.8. The number of fused-ring (bicyclic) bond motifs is 2. The maximum Gasteiger partial charge on any atom is 0.260 e. The van der Waals surface area contributed by atoms with Crippen molar-refractivity contribution in [2.45, 2.75) is 13.3 Å². The predicted octanol–water partition coefficient (Wildman–Crippen LogP) is 3.75. The molecule has 1 N–H and O–H groups in total. The van der Waals surface area contributed by atoms with Gasteiger partial charge < -0.3 is 24.8 Å². The van der Waals surface area contributed by atoms with Gasteiger partial charge in [0.05, 0.1) is 30.2 Å². The summed E-state index contributed by atoms with van der Waals surface area (Å²) in [6.07, 6.45) is 2.75. The number of carbonyl (C=O) groups is 2. The lowest BCUT2D eigenvalue weighted by molar-refractivity contribution is 0.0637. The number of methoxy groups -OCH3 is 1. The van der Waals surface area contributed by atoms with Crippen LogP contribution in [0.2, 0.25) is 0 Å². The minimum absolute atomic E-state index is 0.000253. The van der Waals surface area contributed by atoms with Crippen LogP contribution in [0, 0.1) is 0 Å². The molecule has 198 valence electrons. The molecule has 10 nitrogen and oxygen atoms in total. The van der Waals surface area contributed by atoms with E-state index in [0.29, 0.717) is 40.0 Å². The summed E-state index contributed by atoms with van der Waals surface area (Å²) in [6.45, 7) is 6.47. The van der Waals surface area contributed by atoms with Crippen molar-refractivity contribution >= 4 is 40.6 Å². The summed E-state index contributed by atoms with van der Waals surface area (Å²) >= 11 is 0. The molecular formula is C28H33N7O3. The fourth-order valence-corrected chi connectivity index (χ4v) is 4.98. The van der Waals surface area contributed by atoms with E-state index in [1.54, 1.807) is 37.4 Å². The lowest BCUT2D eigenvalue weighted by Crippen LogP contribution is -2.48. The van der Waals surface area contributed by atoms with E-state index in [1.807, 2.05) is 47.2 Å². The third kappa shape index (κ3) is 4.74. The van der Waals surface area contributed by atoms with E-state index in [-0.39, 0.29) is 11.8 Å². The van der Waals surface area contributed by atoms with Crippen LogP contribution in [0.25, 0.3) is 0 Å². The summed E-state index contributed by atoms with van der Waals surface area (Å²) in [4.78, 5) is 43.1. The zero-order chi connectivity index (χ0) is 26.8. The van der Waals surface area contributed by atoms with Gasteiger partial charge in [0.25, 0.3) is 11.8 Å². The first-order chi connectivity index (χ1) is 18.4. The van der Waals surface area contributed by atoms with Crippen LogP contribution in [0.5, 0.6) is 5.75 Å². The van der Waals surface area contributed by atoms with Gasteiger partial charge in [0.1, 0.15) is 11.4 Å². The summed E-state index contributed by atoms with van der Waals surface area (Å²) < 4.78 is 5.62. The van der Waals surface area contributed by atoms with Gasteiger partial charge in [0.15, 0.2) is 5.82 Å². The first-order valence-electron chi connectivity index (χ1n) is 12.9. The molecular weight excluding hydrogens is 482 g/mol. The molecule has 0 radical (unpaired) electrons. The number of amides is 2. The molecule has 0 aliphatic carbocycles. The molecule has 3 heterocycles. The minimum atomic E-state index is -0.121. The van der Waals surface area contributed by atoms with Gasteiger partial charge in [-0.3, -0.25) is 14.5 Å². The average molecular weight is 516 g/mol. The second kappa shape index (κ2) is 10.7. The topological polar surface area (TPSA) is 94.1 Å². The normalized spacial score (nSPS) is 15.6. The Morgan fingerprint density at radius 3 is 2.53 bits per heavy atom. The second-order valence-electron chi connectivity index (χ2n) is 9.52. The van der Waals surface area contributed by atoms with Gasteiger partial charge in [-0.2, -0.15) is 4.98 Å². The highest BCUT2D eigenvalue weighted by molar-refractivity contribution is 6.13. The number of nitrogens with zero attached hydrogens (tertiary/aromatic N) is 6. The number of hydrogen-bond acceptors (Lipinski definition) is 8. The fraction of sp³-hybridized carbons (Fsp3) is 0.357. The van der Waals surface area contributed by atoms with E-state index in [0.717, 1.165) is 44.8 Å². The molecule has 2 aliphatic rings. The van der Waals surface area contributed by atoms with Crippen LogP contribution in [0.1, 0.15) is 34.1 Å². The zero-order valence-electron chi connectivity index (χ0n) is 22.3. The Morgan fingerprint density at radius 2 is 1.79 bits per heavy atom. The maximum atomic E-state index is 13.2. The standard InChI is InChI=1S/C28H33N7O3/c1-5-12-34-13-15-35(16-14-34)26(36)19-10-11-21(24(17-19)38-4)30-28-29-18-23-25(31-28)32(2)22-9-7-6-8-20(22)27(37)33(23)3/h6-11,17-18H,5,12-16H2,1-4H3,(H,29,30,31). The maximum absolute atomic E-state index is 13.2. The zero-order valence-corrected chi connectivity index (χ0v) is 22.3. The highest BCUT2D eigenvalue weighted by Gasteiger charge is 2.29. The van der Waals surface area contributed by atoms with Crippen molar-refractivity contribution in [3.05, 3.63) is 59.8 Å². The SMILES string of the molecule is CCCN1CCN(C(=O)c2ccc(Nc3ncc4c(n3)N(C)c3ccccc3C(=O)N4C)c(OC)c2)CC1. The van der Waals surface area contributed by atoms with E-state index < -0.39 is 0 Å². The van der Waals surface area contributed by atoms with Crippen LogP contribution in [-0.4, -0.2) is 85.5 Å². The van der Waals surface area contributed by atoms with Crippen LogP contribution in [-0.2, 0) is 0 Å². The summed E-state index contributed by atoms with van der Waals surface area (Å²) in [5.74, 6) is 1.34. The molecule has 0 saturated carbocycles. The Labute approximate surface area is 222 Å². The van der Waals surface area contributed by atoms with E-state index in [9.17, 15) is 9.59 Å². The highest BCUT2D eigenvalue weighted by Crippen LogP contribution is 2.38. The third-order valence-electron chi connectivity index (χ3n) is 7.12. The Morgan fingerprint density at radius 1 is 1.03 bits per heavy atom. The van der Waals surface area contributed by atoms with E-state index in [4.69, 9.17) is 9.72 Å². The number of nitrogens with one attached hydrogen (secondary N) is 1. The molecule has 3 aromatic rings. The van der Waals surface area contributed by atoms with Crippen molar-refractivity contribution in [2.75, 3.05) is 69.0 Å². The van der Waals surface area contributed by atoms with E-state index in [1.165, 1.54) is 0 Å². The largest absolute Gasteiger partial charge is 0.495 e. The molecule has 0 bridgehead atoms. The van der Waals surface area contributed by atoms with Gasteiger partial charge in [-0.05, 0) is 43.3 Å². The van der Waals surface area contributed by atoms with Crippen LogP contribution < -0.4 is 19.9 Å². The van der Waals surface area contributed by atoms with Crippen molar-refractivity contribution in [1.82, 2.24) is 19.8 Å². The number of ether oxygens (including phenoxy) is 1. The van der Waals surface area contributed by atoms with Crippen LogP contribution in [0.3, 0.4) is 0 Å². The van der Waals surface area contributed by atoms with Crippen molar-refractivity contribution in [1.29, 1.82) is 0 Å². The Balaban J connectivity index is 1.38. The quantitative estimate of drug-likeness (QED) is 0.531. The molecule has 2 aromatic carbocycles. The second-order valence-corrected chi connectivity index (χ2v) is 9.52. The van der Waals surface area contributed by atoms with Crippen LogP contribution in [0.15, 0.2) is 48.7 Å². The van der Waals surface area contributed by atoms with Gasteiger partial charge in [-0.15, -0.1) is 0 Å². The number of benzene rings is 2. The summed E-state index contributed by atoms with van der Waals surface area (Å²) in [5.41, 5.74) is 3.18. The lowest BCUT2D eigenvalue weighted by atomic mass is 10.1. The van der Waals surface area contributed by atoms with Crippen molar-refractivity contribution in [3.8, 4) is 5.75 Å². The summed E-state index contributed by atoms with van der Waals surface area (Å²) in [5, 5.41) is 3.22. The van der Waals surface area contributed by atoms with Crippen molar-refractivity contribution in [2.24, 2.45) is 0 Å². The molecule has 1 fully saturated rings. The van der Waals surface area contributed by atoms with E-state index in [2.05, 4.69) is 22.1 Å². The van der Waals surface area contributed by atoms with E-state index >= 15 is 0 Å². The number of rotatable bonds is 6. The molecule has 10 heteroatoms. The lowest BCUT2D eigenvalue weighted by Gasteiger charge is -2.34. The van der Waals surface area contributed by atoms with Crippen LogP contribution >= 0.6 is 0 Å². The Hall–Kier alpha value is -4.18. The molecule has 2 amide bonds. The van der Waals surface area contributed by atoms with Gasteiger partial charge in [0, 0.05) is 45.8 Å². The minimum Gasteiger partial charge on any atom is -0.495 e. The number of carbonyl (C=O) groups excluding carboxylic acids is 2. The molecule has 5 rings (SSSR count). The van der Waals surface area contributed by atoms with Gasteiger partial charge in [-0.25, -0.2) is 4.98 Å². The number of para-hydroxylation sites is 1. The Kier molecular flexibility index (Phi) is 7.15. The molecule has 0 spiro atoms. The smallest absolute Gasteiger partial charge is 0.260 e.